The molecule has 3 aliphatic carbocycles. The van der Waals surface area contributed by atoms with Crippen molar-refractivity contribution >= 4 is 40.1 Å². The Kier molecular flexibility index (Phi) is 4.67. The normalized spacial score (nSPS) is 22.4. The smallest absolute Gasteiger partial charge is 0.223 e. The molecule has 0 spiro atoms. The fraction of sp³-hybridized carbons (Fsp3) is 0.364. The maximum Gasteiger partial charge on any atom is 0.223 e. The highest BCUT2D eigenvalue weighted by molar-refractivity contribution is 6.41. The molecular formula is C22H21Cl2N3O2. The molecule has 6 rings (SSSR count). The summed E-state index contributed by atoms with van der Waals surface area (Å²) in [6.45, 7) is 0. The van der Waals surface area contributed by atoms with Gasteiger partial charge in [0.05, 0.1) is 29.8 Å². The topological polar surface area (TPSA) is 56.3 Å². The van der Waals surface area contributed by atoms with Gasteiger partial charge in [-0.15, -0.1) is 0 Å². The Balaban J connectivity index is 1.51. The average Bonchev–Trinajstić information content (AvgIpc) is 3.37. The van der Waals surface area contributed by atoms with Crippen molar-refractivity contribution in [1.29, 1.82) is 0 Å². The summed E-state index contributed by atoms with van der Waals surface area (Å²) >= 11 is 13.1. The second-order valence-electron chi connectivity index (χ2n) is 7.75. The number of halogens is 2. The lowest BCUT2D eigenvalue weighted by molar-refractivity contribution is 0.261. The van der Waals surface area contributed by atoms with Crippen molar-refractivity contribution in [1.82, 2.24) is 9.97 Å². The molecule has 2 bridgehead atoms. The fourth-order valence-corrected chi connectivity index (χ4v) is 5.40. The van der Waals surface area contributed by atoms with Gasteiger partial charge in [0.15, 0.2) is 0 Å². The number of aromatic nitrogens is 2. The highest BCUT2D eigenvalue weighted by Gasteiger charge is 2.46. The van der Waals surface area contributed by atoms with Crippen LogP contribution in [0.25, 0.3) is 22.0 Å². The van der Waals surface area contributed by atoms with Gasteiger partial charge in [-0.1, -0.05) is 29.3 Å². The Morgan fingerprint density at radius 1 is 1.00 bits per heavy atom. The summed E-state index contributed by atoms with van der Waals surface area (Å²) in [6.07, 6.45) is 5.84. The molecule has 0 aliphatic heterocycles. The molecule has 2 aromatic carbocycles. The van der Waals surface area contributed by atoms with Gasteiger partial charge in [-0.05, 0) is 48.8 Å². The molecule has 29 heavy (non-hydrogen) atoms. The Labute approximate surface area is 179 Å². The van der Waals surface area contributed by atoms with Crippen LogP contribution >= 0.6 is 23.2 Å². The van der Waals surface area contributed by atoms with E-state index >= 15 is 0 Å². The van der Waals surface area contributed by atoms with Crippen LogP contribution in [0.4, 0.5) is 5.95 Å². The van der Waals surface area contributed by atoms with Crippen LogP contribution in [0.5, 0.6) is 11.5 Å². The molecule has 1 heterocycles. The van der Waals surface area contributed by atoms with E-state index in [1.165, 1.54) is 19.3 Å². The van der Waals surface area contributed by atoms with E-state index in [4.69, 9.17) is 37.7 Å². The molecule has 1 unspecified atom stereocenters. The third-order valence-corrected chi connectivity index (χ3v) is 7.02. The molecule has 1 N–H and O–H groups in total. The zero-order chi connectivity index (χ0) is 20.1. The van der Waals surface area contributed by atoms with Crippen LogP contribution in [0.1, 0.15) is 19.3 Å². The van der Waals surface area contributed by atoms with E-state index in [-0.39, 0.29) is 0 Å². The van der Waals surface area contributed by atoms with Crippen LogP contribution in [0.15, 0.2) is 30.5 Å². The molecule has 7 heteroatoms. The summed E-state index contributed by atoms with van der Waals surface area (Å²) in [7, 11) is 3.13. The molecule has 3 atom stereocenters. The number of hydrogen-bond acceptors (Lipinski definition) is 5. The Hall–Kier alpha value is -2.24. The van der Waals surface area contributed by atoms with Crippen LogP contribution in [0.3, 0.4) is 0 Å². The summed E-state index contributed by atoms with van der Waals surface area (Å²) in [5.41, 5.74) is 2.39. The summed E-state index contributed by atoms with van der Waals surface area (Å²) in [5.74, 6) is 3.29. The zero-order valence-electron chi connectivity index (χ0n) is 16.2. The van der Waals surface area contributed by atoms with Gasteiger partial charge in [-0.25, -0.2) is 9.97 Å². The van der Waals surface area contributed by atoms with E-state index in [0.29, 0.717) is 39.1 Å². The Bertz CT molecular complexity index is 1060. The lowest BCUT2D eigenvalue weighted by Crippen LogP contribution is -2.40. The number of rotatable bonds is 5. The van der Waals surface area contributed by atoms with Crippen molar-refractivity contribution in [3.8, 4) is 22.6 Å². The molecule has 0 amide bonds. The predicted octanol–water partition coefficient (Wildman–Crippen LogP) is 5.83. The Morgan fingerprint density at radius 3 is 2.31 bits per heavy atom. The standard InChI is InChI=1S/C22H21Cl2N3O2/c1-28-16-9-17(29-2)20(24)18(19(16)23)11-5-6-15-14(7-11)10-25-22(26-15)27-21-12-3-4-13(21)8-12/h5-7,9-10,12-13,21H,3-4,8H2,1-2H3,(H,25,26,27)/t12-,13+,21?. The van der Waals surface area contributed by atoms with Crippen molar-refractivity contribution in [2.75, 3.05) is 19.5 Å². The Morgan fingerprint density at radius 2 is 1.69 bits per heavy atom. The van der Waals surface area contributed by atoms with Crippen molar-refractivity contribution < 1.29 is 9.47 Å². The number of fused-ring (bicyclic) bond motifs is 2. The van der Waals surface area contributed by atoms with Crippen molar-refractivity contribution in [3.05, 3.63) is 40.5 Å². The zero-order valence-corrected chi connectivity index (χ0v) is 17.7. The number of nitrogens with zero attached hydrogens (tertiary/aromatic N) is 2. The summed E-state index contributed by atoms with van der Waals surface area (Å²) in [5, 5.41) is 5.33. The number of benzene rings is 2. The first-order valence-corrected chi connectivity index (χ1v) is 10.5. The first-order chi connectivity index (χ1) is 14.1. The van der Waals surface area contributed by atoms with E-state index < -0.39 is 0 Å². The maximum atomic E-state index is 6.56. The molecule has 1 aromatic heterocycles. The number of methoxy groups -OCH3 is 2. The molecule has 3 aromatic rings. The van der Waals surface area contributed by atoms with Crippen LogP contribution in [0, 0.1) is 11.8 Å². The van der Waals surface area contributed by atoms with Crippen molar-refractivity contribution in [2.24, 2.45) is 11.8 Å². The third-order valence-electron chi connectivity index (χ3n) is 6.27. The molecule has 3 aliphatic rings. The number of ether oxygens (including phenoxy) is 2. The van der Waals surface area contributed by atoms with E-state index in [2.05, 4.69) is 10.3 Å². The first-order valence-electron chi connectivity index (χ1n) is 9.72. The summed E-state index contributed by atoms with van der Waals surface area (Å²) in [6, 6.07) is 8.12. The monoisotopic (exact) mass is 429 g/mol. The second-order valence-corrected chi connectivity index (χ2v) is 8.51. The lowest BCUT2D eigenvalue weighted by Gasteiger charge is -2.36. The highest BCUT2D eigenvalue weighted by Crippen LogP contribution is 2.49. The molecule has 3 saturated carbocycles. The van der Waals surface area contributed by atoms with E-state index in [1.807, 2.05) is 24.4 Å². The lowest BCUT2D eigenvalue weighted by atomic mass is 9.78. The van der Waals surface area contributed by atoms with Gasteiger partial charge in [0.1, 0.15) is 11.5 Å². The largest absolute Gasteiger partial charge is 0.495 e. The van der Waals surface area contributed by atoms with Crippen LogP contribution < -0.4 is 14.8 Å². The van der Waals surface area contributed by atoms with Crippen molar-refractivity contribution in [2.45, 2.75) is 25.3 Å². The van der Waals surface area contributed by atoms with E-state index in [1.54, 1.807) is 20.3 Å². The maximum absolute atomic E-state index is 6.56. The average molecular weight is 430 g/mol. The molecule has 150 valence electrons. The van der Waals surface area contributed by atoms with Gasteiger partial charge in [-0.2, -0.15) is 0 Å². The minimum Gasteiger partial charge on any atom is -0.495 e. The van der Waals surface area contributed by atoms with Gasteiger partial charge in [-0.3, -0.25) is 0 Å². The quantitative estimate of drug-likeness (QED) is 0.552. The number of anilines is 1. The molecular weight excluding hydrogens is 409 g/mol. The van der Waals surface area contributed by atoms with Gasteiger partial charge < -0.3 is 14.8 Å². The van der Waals surface area contributed by atoms with Crippen LogP contribution in [0.2, 0.25) is 10.0 Å². The third kappa shape index (κ3) is 3.08. The number of hydrogen-bond donors (Lipinski definition) is 1. The minimum atomic E-state index is 0.442. The van der Waals surface area contributed by atoms with Gasteiger partial charge >= 0.3 is 0 Å². The van der Waals surface area contributed by atoms with Crippen LogP contribution in [-0.4, -0.2) is 30.2 Å². The highest BCUT2D eigenvalue weighted by atomic mass is 35.5. The minimum absolute atomic E-state index is 0.442. The molecule has 0 saturated heterocycles. The molecule has 5 nitrogen and oxygen atoms in total. The van der Waals surface area contributed by atoms with Gasteiger partial charge in [0, 0.05) is 29.3 Å². The number of nitrogens with one attached hydrogen (secondary N) is 1. The fourth-order valence-electron chi connectivity index (χ4n) is 4.68. The van der Waals surface area contributed by atoms with E-state index in [0.717, 1.165) is 28.3 Å². The van der Waals surface area contributed by atoms with Gasteiger partial charge in [0.25, 0.3) is 0 Å². The molecule has 0 radical (unpaired) electrons. The first kappa shape index (κ1) is 18.8. The van der Waals surface area contributed by atoms with Gasteiger partial charge in [0.2, 0.25) is 5.95 Å². The molecule has 3 fully saturated rings. The summed E-state index contributed by atoms with van der Waals surface area (Å²) < 4.78 is 10.8. The van der Waals surface area contributed by atoms with Crippen molar-refractivity contribution in [3.63, 3.8) is 0 Å². The van der Waals surface area contributed by atoms with E-state index in [9.17, 15) is 0 Å². The van der Waals surface area contributed by atoms with Crippen LogP contribution in [-0.2, 0) is 0 Å². The predicted molar refractivity (Wildman–Crippen MR) is 116 cm³/mol. The second kappa shape index (κ2) is 7.22. The summed E-state index contributed by atoms with van der Waals surface area (Å²) in [4.78, 5) is 9.24. The SMILES string of the molecule is COc1cc(OC)c(Cl)c(-c2ccc3nc(NC4[C@@H]5CC[C@H]4C5)ncc3c2)c1Cl.